The zero-order chi connectivity index (χ0) is 22.3. The molecule has 0 saturated carbocycles. The van der Waals surface area contributed by atoms with Crippen molar-refractivity contribution in [2.75, 3.05) is 0 Å². The number of ether oxygens (including phenoxy) is 2. The second-order valence-electron chi connectivity index (χ2n) is 9.21. The summed E-state index contributed by atoms with van der Waals surface area (Å²) in [5.74, 6) is -1.92. The van der Waals surface area contributed by atoms with E-state index in [-0.39, 0.29) is 11.5 Å². The fraction of sp³-hybridized carbons (Fsp3) is 0.864. The molecule has 0 saturated heterocycles. The third kappa shape index (κ3) is 7.90. The lowest BCUT2D eigenvalue weighted by atomic mass is 9.85. The van der Waals surface area contributed by atoms with Crippen LogP contribution < -0.4 is 0 Å². The maximum absolute atomic E-state index is 13.0. The number of carbonyl (C=O) groups is 2. The third-order valence-electron chi connectivity index (χ3n) is 5.38. The van der Waals surface area contributed by atoms with E-state index in [1.54, 1.807) is 13.8 Å². The molecule has 0 amide bonds. The van der Waals surface area contributed by atoms with Crippen LogP contribution in [0, 0.1) is 11.8 Å². The van der Waals surface area contributed by atoms with Crippen molar-refractivity contribution >= 4 is 18.2 Å². The lowest BCUT2D eigenvalue weighted by molar-refractivity contribution is -0.187. The number of nitrogens with zero attached hydrogens (tertiary/aromatic N) is 1. The van der Waals surface area contributed by atoms with Crippen LogP contribution in [0.1, 0.15) is 88.5 Å². The minimum atomic E-state index is -1.24. The van der Waals surface area contributed by atoms with E-state index in [1.807, 2.05) is 54.7 Å². The molecule has 0 aliphatic heterocycles. The molecule has 0 radical (unpaired) electrons. The van der Waals surface area contributed by atoms with Crippen LogP contribution in [-0.2, 0) is 19.1 Å². The Bertz CT molecular complexity index is 552. The van der Waals surface area contributed by atoms with Crippen LogP contribution in [0.15, 0.2) is 4.99 Å². The van der Waals surface area contributed by atoms with Crippen molar-refractivity contribution in [1.29, 1.82) is 0 Å². The SMILES string of the molecule is CCCC(C)(OC(=O)C(C)C(C)(CC)OC(=O)C(C)O)C(C)C=NC(C)(C)C. The molecule has 6 heteroatoms. The predicted octanol–water partition coefficient (Wildman–Crippen LogP) is 4.32. The van der Waals surface area contributed by atoms with E-state index in [0.29, 0.717) is 12.8 Å². The molecule has 0 rings (SSSR count). The molecule has 28 heavy (non-hydrogen) atoms. The molecule has 0 aromatic carbocycles. The molecule has 0 aromatic heterocycles. The highest BCUT2D eigenvalue weighted by molar-refractivity contribution is 5.77. The summed E-state index contributed by atoms with van der Waals surface area (Å²) in [4.78, 5) is 29.4. The Morgan fingerprint density at radius 2 is 1.46 bits per heavy atom. The number of hydrogen-bond acceptors (Lipinski definition) is 6. The van der Waals surface area contributed by atoms with Crippen LogP contribution in [-0.4, -0.2) is 46.1 Å². The van der Waals surface area contributed by atoms with E-state index < -0.39 is 35.2 Å². The molecule has 0 aliphatic rings. The first kappa shape index (κ1) is 26.6. The van der Waals surface area contributed by atoms with Crippen molar-refractivity contribution < 1.29 is 24.2 Å². The summed E-state index contributed by atoms with van der Waals surface area (Å²) in [5, 5.41) is 9.45. The van der Waals surface area contributed by atoms with Crippen LogP contribution in [0.4, 0.5) is 0 Å². The van der Waals surface area contributed by atoms with E-state index in [4.69, 9.17) is 9.47 Å². The number of carbonyl (C=O) groups excluding carboxylic acids is 2. The summed E-state index contributed by atoms with van der Waals surface area (Å²) >= 11 is 0. The fourth-order valence-corrected chi connectivity index (χ4v) is 2.71. The Balaban J connectivity index is 5.50. The van der Waals surface area contributed by atoms with Gasteiger partial charge in [-0.1, -0.05) is 27.2 Å². The Labute approximate surface area is 171 Å². The number of aliphatic hydroxyl groups excluding tert-OH is 1. The molecule has 6 nitrogen and oxygen atoms in total. The van der Waals surface area contributed by atoms with Crippen LogP contribution in [0.25, 0.3) is 0 Å². The molecule has 0 bridgehead atoms. The topological polar surface area (TPSA) is 85.2 Å². The van der Waals surface area contributed by atoms with E-state index >= 15 is 0 Å². The molecule has 0 aromatic rings. The Kier molecular flexibility index (Phi) is 9.85. The summed E-state index contributed by atoms with van der Waals surface area (Å²) in [7, 11) is 0. The first-order chi connectivity index (χ1) is 12.6. The van der Waals surface area contributed by atoms with Gasteiger partial charge in [-0.2, -0.15) is 0 Å². The minimum absolute atomic E-state index is 0.0734. The van der Waals surface area contributed by atoms with Crippen LogP contribution >= 0.6 is 0 Å². The number of aliphatic imine (C=N–C) groups is 1. The van der Waals surface area contributed by atoms with Gasteiger partial charge < -0.3 is 14.6 Å². The first-order valence-electron chi connectivity index (χ1n) is 10.3. The normalized spacial score (nSPS) is 20.0. The third-order valence-corrected chi connectivity index (χ3v) is 5.38. The van der Waals surface area contributed by atoms with Gasteiger partial charge in [0, 0.05) is 12.1 Å². The summed E-state index contributed by atoms with van der Waals surface area (Å²) in [6.45, 7) is 18.6. The molecule has 0 fully saturated rings. The van der Waals surface area contributed by atoms with E-state index in [9.17, 15) is 14.7 Å². The Hall–Kier alpha value is -1.43. The van der Waals surface area contributed by atoms with Gasteiger partial charge in [0.05, 0.1) is 11.5 Å². The lowest BCUT2D eigenvalue weighted by Gasteiger charge is -2.38. The monoisotopic (exact) mass is 399 g/mol. The van der Waals surface area contributed by atoms with Gasteiger partial charge >= 0.3 is 11.9 Å². The predicted molar refractivity (Wildman–Crippen MR) is 112 cm³/mol. The Morgan fingerprint density at radius 1 is 0.964 bits per heavy atom. The highest BCUT2D eigenvalue weighted by Gasteiger charge is 2.43. The van der Waals surface area contributed by atoms with Crippen molar-refractivity contribution in [1.82, 2.24) is 0 Å². The summed E-state index contributed by atoms with van der Waals surface area (Å²) in [5.41, 5.74) is -1.96. The second-order valence-corrected chi connectivity index (χ2v) is 9.21. The summed E-state index contributed by atoms with van der Waals surface area (Å²) < 4.78 is 11.4. The average molecular weight is 400 g/mol. The smallest absolute Gasteiger partial charge is 0.335 e. The van der Waals surface area contributed by atoms with Gasteiger partial charge in [-0.25, -0.2) is 4.79 Å². The van der Waals surface area contributed by atoms with Crippen LogP contribution in [0.2, 0.25) is 0 Å². The Morgan fingerprint density at radius 3 is 1.86 bits per heavy atom. The quantitative estimate of drug-likeness (QED) is 0.437. The van der Waals surface area contributed by atoms with Gasteiger partial charge in [0.15, 0.2) is 0 Å². The van der Waals surface area contributed by atoms with Gasteiger partial charge in [0.2, 0.25) is 0 Å². The highest BCUT2D eigenvalue weighted by Crippen LogP contribution is 2.32. The van der Waals surface area contributed by atoms with Crippen molar-refractivity contribution in [3.63, 3.8) is 0 Å². The first-order valence-corrected chi connectivity index (χ1v) is 10.3. The molecule has 0 spiro atoms. The van der Waals surface area contributed by atoms with Crippen molar-refractivity contribution in [2.45, 2.75) is 111 Å². The van der Waals surface area contributed by atoms with Crippen molar-refractivity contribution in [2.24, 2.45) is 16.8 Å². The van der Waals surface area contributed by atoms with E-state index in [0.717, 1.165) is 6.42 Å². The molecular formula is C22H41NO5. The van der Waals surface area contributed by atoms with Gasteiger partial charge in [-0.15, -0.1) is 0 Å². The summed E-state index contributed by atoms with van der Waals surface area (Å²) in [6, 6.07) is 0. The zero-order valence-corrected chi connectivity index (χ0v) is 19.5. The average Bonchev–Trinajstić information content (AvgIpc) is 2.57. The summed E-state index contributed by atoms with van der Waals surface area (Å²) in [6.07, 6.45) is 2.59. The molecule has 164 valence electrons. The fourth-order valence-electron chi connectivity index (χ4n) is 2.71. The maximum Gasteiger partial charge on any atom is 0.335 e. The maximum atomic E-state index is 13.0. The molecule has 5 atom stereocenters. The van der Waals surface area contributed by atoms with Crippen molar-refractivity contribution in [3.05, 3.63) is 0 Å². The van der Waals surface area contributed by atoms with Crippen LogP contribution in [0.3, 0.4) is 0 Å². The van der Waals surface area contributed by atoms with Gasteiger partial charge in [-0.05, 0) is 61.3 Å². The molecule has 0 heterocycles. The molecule has 0 aliphatic carbocycles. The number of esters is 2. The van der Waals surface area contributed by atoms with E-state index in [1.165, 1.54) is 6.92 Å². The highest BCUT2D eigenvalue weighted by atomic mass is 16.6. The van der Waals surface area contributed by atoms with Gasteiger partial charge in [0.25, 0.3) is 0 Å². The largest absolute Gasteiger partial charge is 0.458 e. The molecule has 5 unspecified atom stereocenters. The standard InChI is InChI=1S/C22H41NO5/c1-11-13-22(10,15(3)14-23-20(6,7)8)27-18(25)16(4)21(9,12-2)28-19(26)17(5)24/h14-17,24H,11-13H2,1-10H3. The number of rotatable bonds is 10. The zero-order valence-electron chi connectivity index (χ0n) is 19.5. The van der Waals surface area contributed by atoms with Gasteiger partial charge in [-0.3, -0.25) is 9.79 Å². The number of aliphatic hydroxyl groups is 1. The van der Waals surface area contributed by atoms with E-state index in [2.05, 4.69) is 4.99 Å². The molecule has 1 N–H and O–H groups in total. The lowest BCUT2D eigenvalue weighted by Crippen LogP contribution is -2.48. The second kappa shape index (κ2) is 10.4. The van der Waals surface area contributed by atoms with Gasteiger partial charge in [0.1, 0.15) is 17.3 Å². The van der Waals surface area contributed by atoms with Crippen LogP contribution in [0.5, 0.6) is 0 Å². The van der Waals surface area contributed by atoms with Crippen molar-refractivity contribution in [3.8, 4) is 0 Å². The minimum Gasteiger partial charge on any atom is -0.458 e. The number of hydrogen-bond donors (Lipinski definition) is 1. The molecular weight excluding hydrogens is 358 g/mol.